The number of ether oxygens (including phenoxy) is 1. The molecule has 0 aliphatic heterocycles. The van der Waals surface area contributed by atoms with Crippen molar-refractivity contribution in [2.24, 2.45) is 0 Å². The van der Waals surface area contributed by atoms with Crippen molar-refractivity contribution in [3.05, 3.63) is 53.6 Å². The molecular weight excluding hydrogens is 426 g/mol. The van der Waals surface area contributed by atoms with Gasteiger partial charge in [0.15, 0.2) is 0 Å². The van der Waals surface area contributed by atoms with Crippen molar-refractivity contribution in [3.8, 4) is 5.75 Å². The SMILES string of the molecule is CCN(CC)S(=O)(=O)c1ccc(NC(=O)CN(C)CCOc2ccccc2Cl)cc1. The van der Waals surface area contributed by atoms with Gasteiger partial charge in [-0.2, -0.15) is 4.31 Å². The monoisotopic (exact) mass is 453 g/mol. The number of hydrogen-bond donors (Lipinski definition) is 1. The number of likely N-dealkylation sites (N-methyl/N-ethyl adjacent to an activating group) is 1. The predicted octanol–water partition coefficient (Wildman–Crippen LogP) is 3.32. The van der Waals surface area contributed by atoms with E-state index in [2.05, 4.69) is 5.32 Å². The molecule has 30 heavy (non-hydrogen) atoms. The van der Waals surface area contributed by atoms with Crippen molar-refractivity contribution in [2.45, 2.75) is 18.7 Å². The normalized spacial score (nSPS) is 11.7. The molecule has 1 N–H and O–H groups in total. The molecule has 2 aromatic rings. The van der Waals surface area contributed by atoms with Gasteiger partial charge in [-0.3, -0.25) is 9.69 Å². The number of nitrogens with one attached hydrogen (secondary N) is 1. The van der Waals surface area contributed by atoms with Crippen molar-refractivity contribution in [3.63, 3.8) is 0 Å². The highest BCUT2D eigenvalue weighted by Crippen LogP contribution is 2.23. The summed E-state index contributed by atoms with van der Waals surface area (Å²) in [6.07, 6.45) is 0. The summed E-state index contributed by atoms with van der Waals surface area (Å²) in [5, 5.41) is 3.32. The number of anilines is 1. The zero-order valence-corrected chi connectivity index (χ0v) is 19.0. The quantitative estimate of drug-likeness (QED) is 0.564. The Morgan fingerprint density at radius 1 is 1.07 bits per heavy atom. The van der Waals surface area contributed by atoms with Crippen molar-refractivity contribution < 1.29 is 17.9 Å². The van der Waals surface area contributed by atoms with Crippen LogP contribution in [0.4, 0.5) is 5.69 Å². The number of rotatable bonds is 11. The van der Waals surface area contributed by atoms with E-state index in [9.17, 15) is 13.2 Å². The molecule has 0 saturated heterocycles. The number of carbonyl (C=O) groups is 1. The predicted molar refractivity (Wildman–Crippen MR) is 120 cm³/mol. The summed E-state index contributed by atoms with van der Waals surface area (Å²) in [6, 6.07) is 13.4. The zero-order chi connectivity index (χ0) is 22.1. The molecule has 164 valence electrons. The van der Waals surface area contributed by atoms with Crippen molar-refractivity contribution in [1.82, 2.24) is 9.21 Å². The number of carbonyl (C=O) groups excluding carboxylic acids is 1. The van der Waals surface area contributed by atoms with E-state index in [1.54, 1.807) is 38.1 Å². The summed E-state index contributed by atoms with van der Waals surface area (Å²) in [5.41, 5.74) is 0.541. The van der Waals surface area contributed by atoms with E-state index in [0.717, 1.165) is 0 Å². The molecular formula is C21H28ClN3O4S. The fourth-order valence-corrected chi connectivity index (χ4v) is 4.47. The smallest absolute Gasteiger partial charge is 0.243 e. The summed E-state index contributed by atoms with van der Waals surface area (Å²) in [7, 11) is -1.70. The van der Waals surface area contributed by atoms with Gasteiger partial charge in [-0.1, -0.05) is 37.6 Å². The molecule has 0 aliphatic rings. The number of halogens is 1. The minimum absolute atomic E-state index is 0.172. The maximum Gasteiger partial charge on any atom is 0.243 e. The first kappa shape index (κ1) is 24.1. The molecule has 0 aliphatic carbocycles. The molecule has 7 nitrogen and oxygen atoms in total. The second-order valence-electron chi connectivity index (χ2n) is 6.68. The molecule has 2 rings (SSSR count). The average molecular weight is 454 g/mol. The van der Waals surface area contributed by atoms with Gasteiger partial charge in [0.2, 0.25) is 15.9 Å². The maximum atomic E-state index is 12.5. The number of sulfonamides is 1. The maximum absolute atomic E-state index is 12.5. The Morgan fingerprint density at radius 3 is 2.30 bits per heavy atom. The van der Waals surface area contributed by atoms with Gasteiger partial charge >= 0.3 is 0 Å². The lowest BCUT2D eigenvalue weighted by molar-refractivity contribution is -0.117. The standard InChI is InChI=1S/C21H28ClN3O4S/c1-4-25(5-2)30(27,28)18-12-10-17(11-13-18)23-21(26)16-24(3)14-15-29-20-9-7-6-8-19(20)22/h6-13H,4-5,14-16H2,1-3H3,(H,23,26). The summed E-state index contributed by atoms with van der Waals surface area (Å²) >= 11 is 6.04. The Bertz CT molecular complexity index is 932. The Kier molecular flexibility index (Phi) is 9.10. The van der Waals surface area contributed by atoms with Gasteiger partial charge in [-0.15, -0.1) is 0 Å². The van der Waals surface area contributed by atoms with Gasteiger partial charge in [0.05, 0.1) is 16.5 Å². The Hall–Kier alpha value is -2.13. The van der Waals surface area contributed by atoms with Crippen LogP contribution < -0.4 is 10.1 Å². The third-order valence-corrected chi connectivity index (χ3v) is 6.84. The minimum atomic E-state index is -3.51. The third-order valence-electron chi connectivity index (χ3n) is 4.46. The lowest BCUT2D eigenvalue weighted by Crippen LogP contribution is -2.33. The molecule has 0 aromatic heterocycles. The highest BCUT2D eigenvalue weighted by atomic mass is 35.5. The van der Waals surface area contributed by atoms with Crippen LogP contribution in [0.25, 0.3) is 0 Å². The van der Waals surface area contributed by atoms with Crippen LogP contribution in [0.3, 0.4) is 0 Å². The molecule has 0 spiro atoms. The number of amides is 1. The van der Waals surface area contributed by atoms with Gasteiger partial charge < -0.3 is 10.1 Å². The Balaban J connectivity index is 1.83. The third kappa shape index (κ3) is 6.70. The lowest BCUT2D eigenvalue weighted by atomic mass is 10.3. The van der Waals surface area contributed by atoms with Crippen molar-refractivity contribution in [2.75, 3.05) is 45.2 Å². The molecule has 0 heterocycles. The summed E-state index contributed by atoms with van der Waals surface area (Å²) in [6.45, 7) is 5.52. The van der Waals surface area contributed by atoms with Gasteiger partial charge in [-0.05, 0) is 43.4 Å². The van der Waals surface area contributed by atoms with Crippen LogP contribution in [0.1, 0.15) is 13.8 Å². The van der Waals surface area contributed by atoms with Crippen molar-refractivity contribution in [1.29, 1.82) is 0 Å². The van der Waals surface area contributed by atoms with Crippen LogP contribution >= 0.6 is 11.6 Å². The second kappa shape index (κ2) is 11.3. The number of hydrogen-bond acceptors (Lipinski definition) is 5. The average Bonchev–Trinajstić information content (AvgIpc) is 2.70. The summed E-state index contributed by atoms with van der Waals surface area (Å²) in [4.78, 5) is 14.3. The van der Waals surface area contributed by atoms with Gasteiger partial charge in [0, 0.05) is 25.3 Å². The van der Waals surface area contributed by atoms with E-state index in [-0.39, 0.29) is 17.3 Å². The van der Waals surface area contributed by atoms with Gasteiger partial charge in [0.25, 0.3) is 0 Å². The van der Waals surface area contributed by atoms with E-state index < -0.39 is 10.0 Å². The highest BCUT2D eigenvalue weighted by molar-refractivity contribution is 7.89. The molecule has 0 fully saturated rings. The first-order chi connectivity index (χ1) is 14.3. The number of benzene rings is 2. The van der Waals surface area contributed by atoms with Gasteiger partial charge in [-0.25, -0.2) is 8.42 Å². The molecule has 0 bridgehead atoms. The Morgan fingerprint density at radius 2 is 1.70 bits per heavy atom. The van der Waals surface area contributed by atoms with Crippen molar-refractivity contribution >= 4 is 33.2 Å². The molecule has 0 saturated carbocycles. The molecule has 1 amide bonds. The van der Waals surface area contributed by atoms with E-state index >= 15 is 0 Å². The lowest BCUT2D eigenvalue weighted by Gasteiger charge is -2.19. The molecule has 0 atom stereocenters. The van der Waals surface area contributed by atoms with Crippen LogP contribution in [0.2, 0.25) is 5.02 Å². The number of nitrogens with zero attached hydrogens (tertiary/aromatic N) is 2. The summed E-state index contributed by atoms with van der Waals surface area (Å²) < 4.78 is 32.0. The van der Waals surface area contributed by atoms with Crippen LogP contribution in [0, 0.1) is 0 Å². The van der Waals surface area contributed by atoms with Crippen LogP contribution in [0.5, 0.6) is 5.75 Å². The number of para-hydroxylation sites is 1. The fraction of sp³-hybridized carbons (Fsp3) is 0.381. The van der Waals surface area contributed by atoms with Gasteiger partial charge in [0.1, 0.15) is 12.4 Å². The minimum Gasteiger partial charge on any atom is -0.491 e. The van der Waals surface area contributed by atoms with Crippen LogP contribution in [0.15, 0.2) is 53.4 Å². The zero-order valence-electron chi connectivity index (χ0n) is 17.5. The topological polar surface area (TPSA) is 79.0 Å². The highest BCUT2D eigenvalue weighted by Gasteiger charge is 2.21. The Labute approximate surface area is 183 Å². The van der Waals surface area contributed by atoms with Crippen LogP contribution in [-0.4, -0.2) is 63.4 Å². The first-order valence-electron chi connectivity index (χ1n) is 9.73. The van der Waals surface area contributed by atoms with E-state index in [4.69, 9.17) is 16.3 Å². The van der Waals surface area contributed by atoms with E-state index in [1.165, 1.54) is 16.4 Å². The molecule has 9 heteroatoms. The largest absolute Gasteiger partial charge is 0.491 e. The molecule has 2 aromatic carbocycles. The fourth-order valence-electron chi connectivity index (χ4n) is 2.82. The second-order valence-corrected chi connectivity index (χ2v) is 9.02. The first-order valence-corrected chi connectivity index (χ1v) is 11.6. The summed E-state index contributed by atoms with van der Waals surface area (Å²) in [5.74, 6) is 0.409. The van der Waals surface area contributed by atoms with E-state index in [0.29, 0.717) is 42.7 Å². The molecule has 0 unspecified atom stereocenters. The van der Waals surface area contributed by atoms with E-state index in [1.807, 2.05) is 24.1 Å². The molecule has 0 radical (unpaired) electrons. The van der Waals surface area contributed by atoms with Crippen LogP contribution in [-0.2, 0) is 14.8 Å².